The molecule has 0 radical (unpaired) electrons. The molecule has 2 N–H and O–H groups in total. The van der Waals surface area contributed by atoms with Crippen molar-refractivity contribution in [3.63, 3.8) is 0 Å². The molecule has 2 rings (SSSR count). The molecule has 0 aliphatic carbocycles. The fourth-order valence-electron chi connectivity index (χ4n) is 2.47. The number of aliphatic carboxylic acids is 1. The van der Waals surface area contributed by atoms with Crippen LogP contribution in [0, 0.1) is 16.0 Å². The molecule has 24 heavy (non-hydrogen) atoms. The number of amides is 2. The highest BCUT2D eigenvalue weighted by atomic mass is 16.6. The third kappa shape index (κ3) is 4.28. The van der Waals surface area contributed by atoms with E-state index in [1.807, 2.05) is 0 Å². The fourth-order valence-corrected chi connectivity index (χ4v) is 2.47. The van der Waals surface area contributed by atoms with Crippen LogP contribution in [0.2, 0.25) is 0 Å². The second kappa shape index (κ2) is 7.53. The van der Waals surface area contributed by atoms with Gasteiger partial charge in [-0.1, -0.05) is 0 Å². The van der Waals surface area contributed by atoms with Gasteiger partial charge in [-0.2, -0.15) is 0 Å². The van der Waals surface area contributed by atoms with Crippen LogP contribution in [-0.4, -0.2) is 52.3 Å². The number of hydrogen-bond donors (Lipinski definition) is 2. The number of nitrogens with one attached hydrogen (secondary N) is 1. The van der Waals surface area contributed by atoms with Gasteiger partial charge in [-0.15, -0.1) is 0 Å². The Balaban J connectivity index is 1.77. The number of likely N-dealkylation sites (tertiary alicyclic amines) is 1. The van der Waals surface area contributed by atoms with E-state index in [1.54, 1.807) is 0 Å². The summed E-state index contributed by atoms with van der Waals surface area (Å²) in [5, 5.41) is 22.0. The number of nitro groups is 1. The van der Waals surface area contributed by atoms with Gasteiger partial charge in [0.1, 0.15) is 0 Å². The van der Waals surface area contributed by atoms with Crippen LogP contribution in [0.3, 0.4) is 0 Å². The van der Waals surface area contributed by atoms with E-state index in [2.05, 4.69) is 5.32 Å². The van der Waals surface area contributed by atoms with E-state index in [0.717, 1.165) is 0 Å². The largest absolute Gasteiger partial charge is 0.481 e. The minimum absolute atomic E-state index is 0.0745. The molecule has 1 aliphatic rings. The number of carbonyl (C=O) groups excluding carboxylic acids is 2. The lowest BCUT2D eigenvalue weighted by Gasteiger charge is -2.15. The highest BCUT2D eigenvalue weighted by molar-refractivity contribution is 5.94. The molecule has 1 aliphatic heterocycles. The molecular formula is C15H17N3O6. The van der Waals surface area contributed by atoms with Crippen molar-refractivity contribution in [1.82, 2.24) is 10.2 Å². The number of carbonyl (C=O) groups is 3. The maximum absolute atomic E-state index is 12.0. The normalized spacial score (nSPS) is 16.7. The summed E-state index contributed by atoms with van der Waals surface area (Å²) in [6.45, 7) is 0.722. The molecule has 0 aromatic heterocycles. The quantitative estimate of drug-likeness (QED) is 0.580. The van der Waals surface area contributed by atoms with Gasteiger partial charge in [0.25, 0.3) is 11.6 Å². The smallest absolute Gasteiger partial charge is 0.308 e. The van der Waals surface area contributed by atoms with Crippen LogP contribution < -0.4 is 5.32 Å². The Kier molecular flexibility index (Phi) is 5.46. The summed E-state index contributed by atoms with van der Waals surface area (Å²) in [6.07, 6.45) is 0.515. The van der Waals surface area contributed by atoms with Crippen LogP contribution in [0.4, 0.5) is 5.69 Å². The topological polar surface area (TPSA) is 130 Å². The van der Waals surface area contributed by atoms with Crippen molar-refractivity contribution in [3.05, 3.63) is 39.9 Å². The Hall–Kier alpha value is -2.97. The van der Waals surface area contributed by atoms with Gasteiger partial charge in [-0.25, -0.2) is 0 Å². The number of nitrogens with zero attached hydrogens (tertiary/aromatic N) is 2. The van der Waals surface area contributed by atoms with E-state index in [0.29, 0.717) is 13.0 Å². The van der Waals surface area contributed by atoms with Crippen LogP contribution >= 0.6 is 0 Å². The zero-order valence-corrected chi connectivity index (χ0v) is 12.8. The minimum atomic E-state index is -0.906. The minimum Gasteiger partial charge on any atom is -0.481 e. The molecule has 9 heteroatoms. The first-order chi connectivity index (χ1) is 11.4. The van der Waals surface area contributed by atoms with E-state index in [-0.39, 0.29) is 36.7 Å². The fraction of sp³-hybridized carbons (Fsp3) is 0.400. The molecule has 2 amide bonds. The third-order valence-corrected chi connectivity index (χ3v) is 3.85. The third-order valence-electron chi connectivity index (χ3n) is 3.85. The zero-order chi connectivity index (χ0) is 17.7. The predicted molar refractivity (Wildman–Crippen MR) is 82.4 cm³/mol. The Morgan fingerprint density at radius 2 is 1.96 bits per heavy atom. The second-order valence-electron chi connectivity index (χ2n) is 5.47. The lowest BCUT2D eigenvalue weighted by atomic mass is 10.1. The summed E-state index contributed by atoms with van der Waals surface area (Å²) in [5.41, 5.74) is 0.156. The van der Waals surface area contributed by atoms with Crippen molar-refractivity contribution in [2.75, 3.05) is 19.6 Å². The summed E-state index contributed by atoms with van der Waals surface area (Å²) in [7, 11) is 0. The number of benzene rings is 1. The average Bonchev–Trinajstić information content (AvgIpc) is 3.05. The molecule has 1 fully saturated rings. The number of hydrogen-bond acceptors (Lipinski definition) is 5. The number of carboxylic acid groups (broad SMARTS) is 1. The Morgan fingerprint density at radius 3 is 2.50 bits per heavy atom. The summed E-state index contributed by atoms with van der Waals surface area (Å²) in [4.78, 5) is 46.2. The number of nitro benzene ring substituents is 1. The highest BCUT2D eigenvalue weighted by Crippen LogP contribution is 2.17. The van der Waals surface area contributed by atoms with E-state index >= 15 is 0 Å². The van der Waals surface area contributed by atoms with Crippen molar-refractivity contribution >= 4 is 23.5 Å². The SMILES string of the molecule is O=C(NCCC(=O)N1CCC(C(=O)O)C1)c1ccc([N+](=O)[O-])cc1. The first kappa shape index (κ1) is 17.4. The van der Waals surface area contributed by atoms with Gasteiger partial charge in [-0.3, -0.25) is 24.5 Å². The van der Waals surface area contributed by atoms with Crippen molar-refractivity contribution in [1.29, 1.82) is 0 Å². The number of carboxylic acids is 1. The lowest BCUT2D eigenvalue weighted by molar-refractivity contribution is -0.384. The maximum Gasteiger partial charge on any atom is 0.308 e. The number of rotatable bonds is 6. The van der Waals surface area contributed by atoms with Crippen molar-refractivity contribution < 1.29 is 24.4 Å². The van der Waals surface area contributed by atoms with Crippen molar-refractivity contribution in [2.24, 2.45) is 5.92 Å². The Morgan fingerprint density at radius 1 is 1.29 bits per heavy atom. The monoisotopic (exact) mass is 335 g/mol. The lowest BCUT2D eigenvalue weighted by Crippen LogP contribution is -2.33. The molecule has 1 atom stereocenters. The van der Waals surface area contributed by atoms with Crippen LogP contribution in [0.25, 0.3) is 0 Å². The maximum atomic E-state index is 12.0. The van der Waals surface area contributed by atoms with Crippen LogP contribution in [0.15, 0.2) is 24.3 Å². The molecule has 128 valence electrons. The molecule has 1 aromatic rings. The Bertz CT molecular complexity index is 658. The van der Waals surface area contributed by atoms with Crippen LogP contribution in [-0.2, 0) is 9.59 Å². The van der Waals surface area contributed by atoms with Crippen LogP contribution in [0.1, 0.15) is 23.2 Å². The van der Waals surface area contributed by atoms with Gasteiger partial charge in [0.05, 0.1) is 10.8 Å². The molecule has 1 saturated heterocycles. The molecule has 0 spiro atoms. The highest BCUT2D eigenvalue weighted by Gasteiger charge is 2.30. The summed E-state index contributed by atoms with van der Waals surface area (Å²) in [6, 6.07) is 5.15. The first-order valence-electron chi connectivity index (χ1n) is 7.41. The molecule has 1 aromatic carbocycles. The van der Waals surface area contributed by atoms with Crippen molar-refractivity contribution in [3.8, 4) is 0 Å². The molecule has 9 nitrogen and oxygen atoms in total. The van der Waals surface area contributed by atoms with Gasteiger partial charge in [-0.05, 0) is 18.6 Å². The van der Waals surface area contributed by atoms with E-state index in [4.69, 9.17) is 5.11 Å². The predicted octanol–water partition coefficient (Wildman–Crippen LogP) is 0.648. The van der Waals surface area contributed by atoms with Gasteiger partial charge in [0.15, 0.2) is 0 Å². The summed E-state index contributed by atoms with van der Waals surface area (Å²) >= 11 is 0. The van der Waals surface area contributed by atoms with E-state index < -0.39 is 22.7 Å². The van der Waals surface area contributed by atoms with Gasteiger partial charge in [0, 0.05) is 43.8 Å². The van der Waals surface area contributed by atoms with E-state index in [9.17, 15) is 24.5 Å². The standard InChI is InChI=1S/C15H17N3O6/c19-13(17-8-6-11(9-17)15(21)22)5-7-16-14(20)10-1-3-12(4-2-10)18(23)24/h1-4,11H,5-9H2,(H,16,20)(H,21,22). The van der Waals surface area contributed by atoms with Crippen molar-refractivity contribution in [2.45, 2.75) is 12.8 Å². The number of non-ortho nitro benzene ring substituents is 1. The van der Waals surface area contributed by atoms with Gasteiger partial charge < -0.3 is 15.3 Å². The molecule has 0 bridgehead atoms. The Labute approximate surface area is 137 Å². The summed E-state index contributed by atoms with van der Waals surface area (Å²) in [5.74, 6) is -2.06. The second-order valence-corrected chi connectivity index (χ2v) is 5.47. The zero-order valence-electron chi connectivity index (χ0n) is 12.8. The molecule has 1 heterocycles. The van der Waals surface area contributed by atoms with Gasteiger partial charge >= 0.3 is 5.97 Å². The first-order valence-corrected chi connectivity index (χ1v) is 7.41. The van der Waals surface area contributed by atoms with E-state index in [1.165, 1.54) is 29.2 Å². The summed E-state index contributed by atoms with van der Waals surface area (Å²) < 4.78 is 0. The van der Waals surface area contributed by atoms with Gasteiger partial charge in [0.2, 0.25) is 5.91 Å². The molecular weight excluding hydrogens is 318 g/mol. The molecule has 1 unspecified atom stereocenters. The van der Waals surface area contributed by atoms with Crippen LogP contribution in [0.5, 0.6) is 0 Å². The molecule has 0 saturated carbocycles. The average molecular weight is 335 g/mol.